The fourth-order valence-corrected chi connectivity index (χ4v) is 4.93. The molecule has 2 aliphatic heterocycles. The van der Waals surface area contributed by atoms with Gasteiger partial charge < -0.3 is 19.3 Å². The quantitative estimate of drug-likeness (QED) is 0.596. The van der Waals surface area contributed by atoms with Gasteiger partial charge in [0.05, 0.1) is 12.2 Å². The van der Waals surface area contributed by atoms with E-state index in [0.717, 1.165) is 45.1 Å². The van der Waals surface area contributed by atoms with Crippen LogP contribution in [0.1, 0.15) is 77.6 Å². The second-order valence-corrected chi connectivity index (χ2v) is 8.25. The lowest BCUT2D eigenvalue weighted by Gasteiger charge is -2.30. The molecule has 0 bridgehead atoms. The molecule has 2 unspecified atom stereocenters. The predicted octanol–water partition coefficient (Wildman–Crippen LogP) is 4.64. The minimum atomic E-state index is -2.54. The van der Waals surface area contributed by atoms with Gasteiger partial charge in [-0.15, -0.1) is 0 Å². The molecule has 0 aromatic heterocycles. The SMILES string of the molecule is CCCC(F)(F)CCCC[C@@H]1[C@H]2CC(O)O[C@H]2C[C@H]1OC1CCCCO1. The number of alkyl halides is 2. The van der Waals surface area contributed by atoms with Gasteiger partial charge >= 0.3 is 0 Å². The van der Waals surface area contributed by atoms with Crippen molar-refractivity contribution in [1.29, 1.82) is 0 Å². The molecule has 6 heteroatoms. The molecule has 1 N–H and O–H groups in total. The number of unbranched alkanes of at least 4 members (excludes halogenated alkanes) is 1. The van der Waals surface area contributed by atoms with E-state index in [9.17, 15) is 13.9 Å². The van der Waals surface area contributed by atoms with Crippen LogP contribution in [0.5, 0.6) is 0 Å². The smallest absolute Gasteiger partial charge is 0.248 e. The van der Waals surface area contributed by atoms with Crippen LogP contribution in [-0.2, 0) is 14.2 Å². The molecular formula is C20H34F2O4. The predicted molar refractivity (Wildman–Crippen MR) is 93.9 cm³/mol. The fourth-order valence-electron chi connectivity index (χ4n) is 4.93. The third-order valence-electron chi connectivity index (χ3n) is 6.19. The number of fused-ring (bicyclic) bond motifs is 1. The molecule has 0 spiro atoms. The molecular weight excluding hydrogens is 342 g/mol. The first-order valence-electron chi connectivity index (χ1n) is 10.5. The van der Waals surface area contributed by atoms with Crippen molar-refractivity contribution < 1.29 is 28.1 Å². The van der Waals surface area contributed by atoms with Gasteiger partial charge in [-0.2, -0.15) is 0 Å². The van der Waals surface area contributed by atoms with Gasteiger partial charge in [0.25, 0.3) is 0 Å². The lowest BCUT2D eigenvalue weighted by atomic mass is 9.87. The number of hydrogen-bond acceptors (Lipinski definition) is 4. The Morgan fingerprint density at radius 1 is 1.15 bits per heavy atom. The molecule has 1 aliphatic carbocycles. The Hall–Kier alpha value is -0.300. The standard InChI is InChI=1S/C20H34F2O4/c1-2-9-20(21,22)10-5-3-7-14-15-12-18(23)25-17(15)13-16(14)26-19-8-4-6-11-24-19/h14-19,23H,2-13H2,1H3/t14-,15-,16-,17+,18?,19?/m1/s1. The topological polar surface area (TPSA) is 47.9 Å². The minimum absolute atomic E-state index is 0.0219. The molecule has 4 nitrogen and oxygen atoms in total. The number of rotatable bonds is 9. The zero-order chi connectivity index (χ0) is 18.6. The summed E-state index contributed by atoms with van der Waals surface area (Å²) < 4.78 is 45.0. The van der Waals surface area contributed by atoms with E-state index < -0.39 is 12.2 Å². The van der Waals surface area contributed by atoms with Crippen molar-refractivity contribution in [3.63, 3.8) is 0 Å². The Morgan fingerprint density at radius 3 is 2.73 bits per heavy atom. The Bertz CT molecular complexity index is 428. The zero-order valence-electron chi connectivity index (χ0n) is 15.9. The van der Waals surface area contributed by atoms with Crippen molar-refractivity contribution in [3.05, 3.63) is 0 Å². The molecule has 152 valence electrons. The minimum Gasteiger partial charge on any atom is -0.368 e. The van der Waals surface area contributed by atoms with Gasteiger partial charge in [0.1, 0.15) is 0 Å². The van der Waals surface area contributed by atoms with Gasteiger partial charge in [-0.3, -0.25) is 0 Å². The Labute approximate surface area is 155 Å². The van der Waals surface area contributed by atoms with Crippen LogP contribution in [0.15, 0.2) is 0 Å². The second-order valence-electron chi connectivity index (χ2n) is 8.25. The Balaban J connectivity index is 1.50. The molecule has 0 aromatic rings. The van der Waals surface area contributed by atoms with Crippen LogP contribution >= 0.6 is 0 Å². The van der Waals surface area contributed by atoms with Crippen LogP contribution in [0, 0.1) is 11.8 Å². The first-order valence-corrected chi connectivity index (χ1v) is 10.5. The van der Waals surface area contributed by atoms with Crippen molar-refractivity contribution in [2.45, 2.75) is 108 Å². The van der Waals surface area contributed by atoms with E-state index in [4.69, 9.17) is 14.2 Å². The monoisotopic (exact) mass is 376 g/mol. The van der Waals surface area contributed by atoms with Crippen LogP contribution in [0.4, 0.5) is 8.78 Å². The molecule has 1 saturated carbocycles. The molecule has 3 rings (SSSR count). The first kappa shape index (κ1) is 20.4. The average molecular weight is 376 g/mol. The summed E-state index contributed by atoms with van der Waals surface area (Å²) in [5.41, 5.74) is 0. The normalized spacial score (nSPS) is 37.8. The Kier molecular flexibility index (Phi) is 7.28. The van der Waals surface area contributed by atoms with Gasteiger partial charge in [0.2, 0.25) is 5.92 Å². The van der Waals surface area contributed by atoms with Crippen LogP contribution in [0.2, 0.25) is 0 Å². The molecule has 26 heavy (non-hydrogen) atoms. The lowest BCUT2D eigenvalue weighted by Crippen LogP contribution is -2.32. The van der Waals surface area contributed by atoms with E-state index in [1.54, 1.807) is 6.92 Å². The van der Waals surface area contributed by atoms with Crippen LogP contribution in [0.3, 0.4) is 0 Å². The summed E-state index contributed by atoms with van der Waals surface area (Å²) in [6, 6.07) is 0. The van der Waals surface area contributed by atoms with Crippen LogP contribution < -0.4 is 0 Å². The van der Waals surface area contributed by atoms with Crippen LogP contribution in [0.25, 0.3) is 0 Å². The van der Waals surface area contributed by atoms with Gasteiger partial charge in [0.15, 0.2) is 12.6 Å². The summed E-state index contributed by atoms with van der Waals surface area (Å²) in [6.45, 7) is 2.55. The molecule has 0 amide bonds. The van der Waals surface area contributed by atoms with Gasteiger partial charge in [-0.05, 0) is 43.9 Å². The third-order valence-corrected chi connectivity index (χ3v) is 6.19. The summed E-state index contributed by atoms with van der Waals surface area (Å²) in [5, 5.41) is 9.81. The maximum atomic E-state index is 13.7. The second kappa shape index (κ2) is 9.26. The largest absolute Gasteiger partial charge is 0.368 e. The van der Waals surface area contributed by atoms with E-state index in [1.165, 1.54) is 0 Å². The summed E-state index contributed by atoms with van der Waals surface area (Å²) in [6.07, 6.45) is 6.43. The highest BCUT2D eigenvalue weighted by atomic mass is 19.3. The molecule has 6 atom stereocenters. The highest BCUT2D eigenvalue weighted by molar-refractivity contribution is 4.96. The number of aliphatic hydroxyl groups excluding tert-OH is 1. The first-order chi connectivity index (χ1) is 12.5. The van der Waals surface area contributed by atoms with Crippen molar-refractivity contribution in [2.24, 2.45) is 11.8 Å². The van der Waals surface area contributed by atoms with Crippen LogP contribution in [-0.4, -0.2) is 42.4 Å². The number of aliphatic hydroxyl groups is 1. The van der Waals surface area contributed by atoms with E-state index >= 15 is 0 Å². The van der Waals surface area contributed by atoms with Gasteiger partial charge in [0, 0.05) is 32.3 Å². The van der Waals surface area contributed by atoms with Crippen molar-refractivity contribution >= 4 is 0 Å². The summed E-state index contributed by atoms with van der Waals surface area (Å²) >= 11 is 0. The zero-order valence-corrected chi connectivity index (χ0v) is 15.9. The third kappa shape index (κ3) is 5.37. The van der Waals surface area contributed by atoms with E-state index in [2.05, 4.69) is 0 Å². The molecule has 2 heterocycles. The van der Waals surface area contributed by atoms with Gasteiger partial charge in [-0.25, -0.2) is 8.78 Å². The molecule has 0 aromatic carbocycles. The molecule has 3 aliphatic rings. The highest BCUT2D eigenvalue weighted by Crippen LogP contribution is 2.47. The maximum Gasteiger partial charge on any atom is 0.248 e. The van der Waals surface area contributed by atoms with Gasteiger partial charge in [-0.1, -0.05) is 19.8 Å². The molecule has 3 fully saturated rings. The number of hydrogen-bond donors (Lipinski definition) is 1. The van der Waals surface area contributed by atoms with Crippen molar-refractivity contribution in [2.75, 3.05) is 6.61 Å². The lowest BCUT2D eigenvalue weighted by molar-refractivity contribution is -0.200. The number of ether oxygens (including phenoxy) is 3. The average Bonchev–Trinajstić information content (AvgIpc) is 3.09. The van der Waals surface area contributed by atoms with E-state index in [1.807, 2.05) is 0 Å². The fraction of sp³-hybridized carbons (Fsp3) is 1.00. The summed E-state index contributed by atoms with van der Waals surface area (Å²) in [5.74, 6) is -2.00. The Morgan fingerprint density at radius 2 is 2.00 bits per heavy atom. The number of halogens is 2. The molecule has 2 saturated heterocycles. The summed E-state index contributed by atoms with van der Waals surface area (Å²) in [4.78, 5) is 0. The van der Waals surface area contributed by atoms with E-state index in [0.29, 0.717) is 19.3 Å². The maximum absolute atomic E-state index is 13.7. The van der Waals surface area contributed by atoms with Crippen molar-refractivity contribution in [1.82, 2.24) is 0 Å². The highest BCUT2D eigenvalue weighted by Gasteiger charge is 2.50. The van der Waals surface area contributed by atoms with E-state index in [-0.39, 0.29) is 43.2 Å². The summed E-state index contributed by atoms with van der Waals surface area (Å²) in [7, 11) is 0. The molecule has 0 radical (unpaired) electrons. The van der Waals surface area contributed by atoms with Crippen molar-refractivity contribution in [3.8, 4) is 0 Å².